The summed E-state index contributed by atoms with van der Waals surface area (Å²) in [6, 6.07) is 10.5. The Kier molecular flexibility index (Phi) is 4.59. The average molecular weight is 316 g/mol. The van der Waals surface area contributed by atoms with E-state index in [1.165, 1.54) is 44.2 Å². The number of hydrogen-bond acceptors (Lipinski definition) is 2. The molecule has 0 radical (unpaired) electrons. The van der Waals surface area contributed by atoms with Crippen LogP contribution in [0.1, 0.15) is 65.4 Å². The van der Waals surface area contributed by atoms with Gasteiger partial charge < -0.3 is 4.74 Å². The topological polar surface area (TPSA) is 12.5 Å². The number of hydrogen-bond donors (Lipinski definition) is 0. The lowest BCUT2D eigenvalue weighted by atomic mass is 9.83. The normalized spacial score (nSPS) is 27.3. The third kappa shape index (κ3) is 3.97. The van der Waals surface area contributed by atoms with E-state index in [0.29, 0.717) is 11.0 Å². The summed E-state index contributed by atoms with van der Waals surface area (Å²) in [6.45, 7) is 12.5. The predicted octanol–water partition coefficient (Wildman–Crippen LogP) is 5.03. The lowest BCUT2D eigenvalue weighted by Crippen LogP contribution is -2.52. The second-order valence-electron chi connectivity index (χ2n) is 9.08. The first kappa shape index (κ1) is 17.0. The van der Waals surface area contributed by atoms with Crippen LogP contribution in [-0.4, -0.2) is 29.1 Å². The van der Waals surface area contributed by atoms with Gasteiger partial charge >= 0.3 is 0 Å². The Hall–Kier alpha value is -0.860. The molecule has 3 rings (SSSR count). The van der Waals surface area contributed by atoms with Crippen LogP contribution in [0.15, 0.2) is 30.3 Å². The van der Waals surface area contributed by atoms with E-state index in [1.54, 1.807) is 0 Å². The smallest absolute Gasteiger partial charge is 0.0717 e. The molecule has 128 valence electrons. The number of ether oxygens (including phenoxy) is 1. The maximum Gasteiger partial charge on any atom is 0.0717 e. The van der Waals surface area contributed by atoms with Crippen molar-refractivity contribution in [2.24, 2.45) is 5.41 Å². The summed E-state index contributed by atoms with van der Waals surface area (Å²) >= 11 is 0. The summed E-state index contributed by atoms with van der Waals surface area (Å²) < 4.78 is 6.10. The van der Waals surface area contributed by atoms with Crippen molar-refractivity contribution < 1.29 is 4.74 Å². The summed E-state index contributed by atoms with van der Waals surface area (Å²) in [4.78, 5) is 2.75. The molecule has 1 saturated heterocycles. The van der Waals surface area contributed by atoms with E-state index in [-0.39, 0.29) is 5.54 Å². The summed E-state index contributed by atoms with van der Waals surface area (Å²) in [5, 5.41) is 0. The van der Waals surface area contributed by atoms with Crippen molar-refractivity contribution >= 4 is 0 Å². The second-order valence-corrected chi connectivity index (χ2v) is 9.08. The lowest BCUT2D eigenvalue weighted by molar-refractivity contribution is 0.00837. The molecule has 1 aliphatic heterocycles. The molecule has 1 aromatic rings. The highest BCUT2D eigenvalue weighted by atomic mass is 16.5. The zero-order chi connectivity index (χ0) is 16.6. The number of benzene rings is 1. The van der Waals surface area contributed by atoms with Gasteiger partial charge in [0.15, 0.2) is 0 Å². The van der Waals surface area contributed by atoms with Crippen molar-refractivity contribution in [2.75, 3.05) is 13.2 Å². The monoisotopic (exact) mass is 315 g/mol. The largest absolute Gasteiger partial charge is 0.376 e. The number of rotatable bonds is 6. The van der Waals surface area contributed by atoms with Crippen LogP contribution in [0.4, 0.5) is 0 Å². The molecule has 1 aromatic carbocycles. The highest BCUT2D eigenvalue weighted by Crippen LogP contribution is 2.55. The molecule has 1 saturated carbocycles. The maximum absolute atomic E-state index is 6.10. The van der Waals surface area contributed by atoms with Gasteiger partial charge in [0, 0.05) is 11.1 Å². The first-order chi connectivity index (χ1) is 10.8. The quantitative estimate of drug-likeness (QED) is 0.730. The van der Waals surface area contributed by atoms with Gasteiger partial charge in [0.1, 0.15) is 0 Å². The van der Waals surface area contributed by atoms with E-state index in [1.807, 2.05) is 0 Å². The summed E-state index contributed by atoms with van der Waals surface area (Å²) in [5.41, 5.74) is 2.35. The Morgan fingerprint density at radius 2 is 1.78 bits per heavy atom. The third-order valence-electron chi connectivity index (χ3n) is 5.79. The Balaban J connectivity index is 1.56. The summed E-state index contributed by atoms with van der Waals surface area (Å²) in [6.07, 6.45) is 6.66. The minimum absolute atomic E-state index is 0.270. The molecule has 1 heterocycles. The lowest BCUT2D eigenvalue weighted by Gasteiger charge is -2.46. The molecule has 2 heteroatoms. The molecule has 2 nitrogen and oxygen atoms in total. The average Bonchev–Trinajstić information content (AvgIpc) is 3.11. The SMILES string of the molecule is CC(C)(C)N1CCCC1(C)CC1(COCc2ccccc2)CC1. The predicted molar refractivity (Wildman–Crippen MR) is 96.5 cm³/mol. The van der Waals surface area contributed by atoms with Crippen LogP contribution in [0, 0.1) is 5.41 Å². The van der Waals surface area contributed by atoms with Gasteiger partial charge in [-0.3, -0.25) is 4.90 Å². The molecule has 1 aliphatic carbocycles. The highest BCUT2D eigenvalue weighted by molar-refractivity contribution is 5.13. The van der Waals surface area contributed by atoms with Crippen LogP contribution in [0.25, 0.3) is 0 Å². The molecule has 0 aromatic heterocycles. The molecule has 0 N–H and O–H groups in total. The van der Waals surface area contributed by atoms with Crippen LogP contribution in [-0.2, 0) is 11.3 Å². The van der Waals surface area contributed by atoms with Crippen LogP contribution >= 0.6 is 0 Å². The van der Waals surface area contributed by atoms with E-state index in [4.69, 9.17) is 4.74 Å². The molecular formula is C21H33NO. The van der Waals surface area contributed by atoms with Gasteiger partial charge in [-0.15, -0.1) is 0 Å². The molecule has 2 aliphatic rings. The van der Waals surface area contributed by atoms with Crippen molar-refractivity contribution in [3.8, 4) is 0 Å². The van der Waals surface area contributed by atoms with E-state index >= 15 is 0 Å². The first-order valence-electron chi connectivity index (χ1n) is 9.23. The van der Waals surface area contributed by atoms with Gasteiger partial charge in [-0.1, -0.05) is 30.3 Å². The van der Waals surface area contributed by atoms with Gasteiger partial charge in [0.2, 0.25) is 0 Å². The van der Waals surface area contributed by atoms with Crippen LogP contribution in [0.5, 0.6) is 0 Å². The molecule has 23 heavy (non-hydrogen) atoms. The van der Waals surface area contributed by atoms with E-state index in [0.717, 1.165) is 13.2 Å². The van der Waals surface area contributed by atoms with Crippen molar-refractivity contribution in [3.63, 3.8) is 0 Å². The minimum Gasteiger partial charge on any atom is -0.376 e. The van der Waals surface area contributed by atoms with E-state index < -0.39 is 0 Å². The highest BCUT2D eigenvalue weighted by Gasteiger charge is 2.52. The number of likely N-dealkylation sites (tertiary alicyclic amines) is 1. The van der Waals surface area contributed by atoms with E-state index in [9.17, 15) is 0 Å². The number of nitrogens with zero attached hydrogens (tertiary/aromatic N) is 1. The Bertz CT molecular complexity index is 514. The molecule has 1 unspecified atom stereocenters. The zero-order valence-corrected chi connectivity index (χ0v) is 15.4. The fraction of sp³-hybridized carbons (Fsp3) is 0.714. The van der Waals surface area contributed by atoms with Gasteiger partial charge in [-0.05, 0) is 77.3 Å². The van der Waals surface area contributed by atoms with Crippen molar-refractivity contribution in [1.82, 2.24) is 4.90 Å². The molecule has 2 fully saturated rings. The fourth-order valence-corrected chi connectivity index (χ4v) is 4.67. The minimum atomic E-state index is 0.270. The molecule has 0 spiro atoms. The second kappa shape index (κ2) is 6.22. The van der Waals surface area contributed by atoms with E-state index in [2.05, 4.69) is 62.9 Å². The van der Waals surface area contributed by atoms with Crippen LogP contribution in [0.2, 0.25) is 0 Å². The standard InChI is InChI=1S/C21H33NO/c1-19(2,3)22-14-8-11-20(22,4)16-21(12-13-21)17-23-15-18-9-6-5-7-10-18/h5-7,9-10H,8,11-17H2,1-4H3. The van der Waals surface area contributed by atoms with Crippen LogP contribution in [0.3, 0.4) is 0 Å². The van der Waals surface area contributed by atoms with Gasteiger partial charge in [-0.25, -0.2) is 0 Å². The van der Waals surface area contributed by atoms with Gasteiger partial charge in [0.25, 0.3) is 0 Å². The fourth-order valence-electron chi connectivity index (χ4n) is 4.67. The van der Waals surface area contributed by atoms with Crippen molar-refractivity contribution in [1.29, 1.82) is 0 Å². The Morgan fingerprint density at radius 3 is 2.39 bits per heavy atom. The van der Waals surface area contributed by atoms with Gasteiger partial charge in [0.05, 0.1) is 13.2 Å². The molecule has 1 atom stereocenters. The van der Waals surface area contributed by atoms with Gasteiger partial charge in [-0.2, -0.15) is 0 Å². The zero-order valence-electron chi connectivity index (χ0n) is 15.4. The third-order valence-corrected chi connectivity index (χ3v) is 5.79. The van der Waals surface area contributed by atoms with Crippen molar-refractivity contribution in [3.05, 3.63) is 35.9 Å². The summed E-state index contributed by atoms with van der Waals surface area (Å²) in [7, 11) is 0. The summed E-state index contributed by atoms with van der Waals surface area (Å²) in [5.74, 6) is 0. The Morgan fingerprint density at radius 1 is 1.09 bits per heavy atom. The maximum atomic E-state index is 6.10. The van der Waals surface area contributed by atoms with Crippen molar-refractivity contribution in [2.45, 2.75) is 77.5 Å². The molecule has 0 amide bonds. The molecular weight excluding hydrogens is 282 g/mol. The Labute approximate surface area is 142 Å². The first-order valence-corrected chi connectivity index (χ1v) is 9.23. The van der Waals surface area contributed by atoms with Crippen LogP contribution < -0.4 is 0 Å². The molecule has 0 bridgehead atoms.